The van der Waals surface area contributed by atoms with Crippen LogP contribution < -0.4 is 0 Å². The van der Waals surface area contributed by atoms with Gasteiger partial charge in [0, 0.05) is 28.1 Å². The molecule has 2 saturated heterocycles. The molecule has 0 spiro atoms. The maximum absolute atomic E-state index is 13.7. The average molecular weight is 453 g/mol. The minimum Gasteiger partial charge on any atom is -0.472 e. The number of ether oxygens (including phenoxy) is 3. The Balaban J connectivity index is 1.56. The highest BCUT2D eigenvalue weighted by atomic mass is 16.6. The summed E-state index contributed by atoms with van der Waals surface area (Å²) in [5.41, 5.74) is 2.14. The number of ketones is 1. The third kappa shape index (κ3) is 2.46. The smallest absolute Gasteiger partial charge is 0.305 e. The van der Waals surface area contributed by atoms with E-state index >= 15 is 0 Å². The average Bonchev–Trinajstić information content (AvgIpc) is 3.54. The molecule has 33 heavy (non-hydrogen) atoms. The van der Waals surface area contributed by atoms with Gasteiger partial charge in [-0.15, -0.1) is 0 Å². The molecular formula is C27H32O6. The van der Waals surface area contributed by atoms with Crippen molar-refractivity contribution in [3.8, 4) is 0 Å². The Bertz CT molecular complexity index is 1080. The Hall–Kier alpha value is -2.18. The van der Waals surface area contributed by atoms with Crippen LogP contribution in [0.15, 0.2) is 46.3 Å². The molecule has 3 aliphatic carbocycles. The zero-order valence-corrected chi connectivity index (χ0v) is 19.9. The zero-order valence-electron chi connectivity index (χ0n) is 19.9. The van der Waals surface area contributed by atoms with Crippen molar-refractivity contribution in [2.75, 3.05) is 13.7 Å². The highest BCUT2D eigenvalue weighted by Gasteiger charge is 2.75. The summed E-state index contributed by atoms with van der Waals surface area (Å²) in [7, 11) is 1.42. The van der Waals surface area contributed by atoms with E-state index in [9.17, 15) is 9.59 Å². The van der Waals surface area contributed by atoms with Gasteiger partial charge in [-0.1, -0.05) is 32.4 Å². The van der Waals surface area contributed by atoms with Crippen molar-refractivity contribution in [3.05, 3.63) is 47.5 Å². The molecule has 1 aromatic heterocycles. The number of methoxy groups -OCH3 is 1. The monoisotopic (exact) mass is 452 g/mol. The van der Waals surface area contributed by atoms with Gasteiger partial charge in [-0.25, -0.2) is 0 Å². The van der Waals surface area contributed by atoms with Crippen LogP contribution in [0, 0.1) is 28.1 Å². The molecule has 1 aromatic rings. The molecule has 6 rings (SSSR count). The van der Waals surface area contributed by atoms with Crippen LogP contribution in [0.4, 0.5) is 0 Å². The van der Waals surface area contributed by atoms with E-state index in [0.717, 1.165) is 12.0 Å². The minimum atomic E-state index is -0.747. The molecule has 0 amide bonds. The molecule has 9 atom stereocenters. The maximum atomic E-state index is 13.7. The lowest BCUT2D eigenvalue weighted by molar-refractivity contribution is -0.188. The summed E-state index contributed by atoms with van der Waals surface area (Å²) in [4.78, 5) is 26.4. The van der Waals surface area contributed by atoms with Crippen molar-refractivity contribution in [2.45, 2.75) is 64.8 Å². The van der Waals surface area contributed by atoms with E-state index in [4.69, 9.17) is 18.6 Å². The minimum absolute atomic E-state index is 0.0420. The van der Waals surface area contributed by atoms with Crippen LogP contribution >= 0.6 is 0 Å². The fourth-order valence-corrected chi connectivity index (χ4v) is 8.54. The highest BCUT2D eigenvalue weighted by molar-refractivity contribution is 5.97. The van der Waals surface area contributed by atoms with Gasteiger partial charge in [0.05, 0.1) is 51.0 Å². The second-order valence-electron chi connectivity index (χ2n) is 11.3. The van der Waals surface area contributed by atoms with Crippen LogP contribution in [0.3, 0.4) is 0 Å². The maximum Gasteiger partial charge on any atom is 0.305 e. The van der Waals surface area contributed by atoms with Gasteiger partial charge >= 0.3 is 5.97 Å². The molecule has 3 heterocycles. The quantitative estimate of drug-likeness (QED) is 0.505. The molecular weight excluding hydrogens is 420 g/mol. The fraction of sp³-hybridized carbons (Fsp3) is 0.630. The summed E-state index contributed by atoms with van der Waals surface area (Å²) >= 11 is 0. The van der Waals surface area contributed by atoms with Crippen molar-refractivity contribution in [1.82, 2.24) is 0 Å². The number of fused-ring (bicyclic) bond motifs is 4. The Morgan fingerprint density at radius 2 is 2.03 bits per heavy atom. The zero-order chi connectivity index (χ0) is 23.3. The van der Waals surface area contributed by atoms with E-state index in [0.29, 0.717) is 6.61 Å². The molecule has 2 aliphatic heterocycles. The second kappa shape index (κ2) is 6.70. The van der Waals surface area contributed by atoms with E-state index in [1.807, 2.05) is 12.1 Å². The van der Waals surface area contributed by atoms with Crippen molar-refractivity contribution < 1.29 is 28.2 Å². The topological polar surface area (TPSA) is 75.0 Å². The van der Waals surface area contributed by atoms with Crippen molar-refractivity contribution >= 4 is 11.8 Å². The van der Waals surface area contributed by atoms with Crippen molar-refractivity contribution in [3.63, 3.8) is 0 Å². The van der Waals surface area contributed by atoms with Crippen LogP contribution in [0.2, 0.25) is 0 Å². The van der Waals surface area contributed by atoms with Crippen LogP contribution in [0.25, 0.3) is 0 Å². The fourth-order valence-electron chi connectivity index (χ4n) is 8.54. The van der Waals surface area contributed by atoms with Gasteiger partial charge in [-0.3, -0.25) is 9.59 Å². The van der Waals surface area contributed by atoms with Crippen LogP contribution in [-0.4, -0.2) is 43.8 Å². The van der Waals surface area contributed by atoms with Crippen LogP contribution in [-0.2, 0) is 23.8 Å². The SMILES string of the molecule is COC(=O)C[C@H]1[C@]2(C)C3=C(C)C(c4ccoc4)C[C@H]3O[C@@H]2[C@@H]2OC[C@]3(C)C=CC(=O)[C@@]1(C)[C@@H]23. The first-order chi connectivity index (χ1) is 15.7. The number of rotatable bonds is 3. The number of carbonyl (C=O) groups excluding carboxylic acids is 2. The Kier molecular flexibility index (Phi) is 4.33. The third-order valence-electron chi connectivity index (χ3n) is 9.91. The lowest BCUT2D eigenvalue weighted by atomic mass is 9.42. The Morgan fingerprint density at radius 1 is 1.24 bits per heavy atom. The molecule has 0 aromatic carbocycles. The third-order valence-corrected chi connectivity index (χ3v) is 9.91. The van der Waals surface area contributed by atoms with Gasteiger partial charge in [-0.05, 0) is 42.5 Å². The van der Waals surface area contributed by atoms with Crippen LogP contribution in [0.5, 0.6) is 0 Å². The molecule has 6 heteroatoms. The number of esters is 1. The predicted octanol–water partition coefficient (Wildman–Crippen LogP) is 4.22. The molecule has 3 fully saturated rings. The molecule has 1 saturated carbocycles. The number of furan rings is 1. The first kappa shape index (κ1) is 21.4. The lowest BCUT2D eigenvalue weighted by Gasteiger charge is -2.60. The highest BCUT2D eigenvalue weighted by Crippen LogP contribution is 2.71. The second-order valence-corrected chi connectivity index (χ2v) is 11.3. The molecule has 176 valence electrons. The Morgan fingerprint density at radius 3 is 2.73 bits per heavy atom. The van der Waals surface area contributed by atoms with Gasteiger partial charge < -0.3 is 18.6 Å². The standard InChI is InChI=1S/C27H32O6/c1-14-16(15-7-9-31-12-15)10-17-21(14)27(4)18(11-20(29)30-5)26(3)19(28)6-8-25(2)13-32-22(23(25)26)24(27)33-17/h6-9,12,16-18,22-24H,10-11,13H2,1-5H3/t16?,17-,18-,22-,23+,24-,25+,26+,27-/m1/s1. The summed E-state index contributed by atoms with van der Waals surface area (Å²) in [5.74, 6) is -0.281. The van der Waals surface area contributed by atoms with Gasteiger partial charge in [0.1, 0.15) is 0 Å². The number of allylic oxidation sites excluding steroid dienone is 2. The lowest BCUT2D eigenvalue weighted by Crippen LogP contribution is -2.66. The predicted molar refractivity (Wildman–Crippen MR) is 119 cm³/mol. The summed E-state index contributed by atoms with van der Waals surface area (Å²) in [6.45, 7) is 9.17. The Labute approximate surface area is 194 Å². The van der Waals surface area contributed by atoms with Crippen molar-refractivity contribution in [2.24, 2.45) is 28.1 Å². The number of carbonyl (C=O) groups is 2. The molecule has 0 N–H and O–H groups in total. The first-order valence-corrected chi connectivity index (χ1v) is 12.0. The summed E-state index contributed by atoms with van der Waals surface area (Å²) < 4.78 is 23.8. The largest absolute Gasteiger partial charge is 0.472 e. The summed E-state index contributed by atoms with van der Waals surface area (Å²) in [6.07, 6.45) is 7.85. The van der Waals surface area contributed by atoms with Crippen molar-refractivity contribution in [1.29, 1.82) is 0 Å². The molecule has 1 unspecified atom stereocenters. The summed E-state index contributed by atoms with van der Waals surface area (Å²) in [6, 6.07) is 2.01. The molecule has 5 aliphatic rings. The van der Waals surface area contributed by atoms with Gasteiger partial charge in [0.15, 0.2) is 5.78 Å². The van der Waals surface area contributed by atoms with Gasteiger partial charge in [0.25, 0.3) is 0 Å². The van der Waals surface area contributed by atoms with E-state index < -0.39 is 10.8 Å². The van der Waals surface area contributed by atoms with Gasteiger partial charge in [-0.2, -0.15) is 0 Å². The molecule has 6 nitrogen and oxygen atoms in total. The van der Waals surface area contributed by atoms with Crippen LogP contribution in [0.1, 0.15) is 52.0 Å². The van der Waals surface area contributed by atoms with E-state index in [1.54, 1.807) is 18.6 Å². The van der Waals surface area contributed by atoms with Gasteiger partial charge in [0.2, 0.25) is 0 Å². The first-order valence-electron chi connectivity index (χ1n) is 12.0. The number of hydrogen-bond acceptors (Lipinski definition) is 6. The molecule has 0 radical (unpaired) electrons. The van der Waals surface area contributed by atoms with E-state index in [1.165, 1.54) is 18.3 Å². The van der Waals surface area contributed by atoms with E-state index in [-0.39, 0.29) is 59.7 Å². The molecule has 0 bridgehead atoms. The number of hydrogen-bond donors (Lipinski definition) is 0. The summed E-state index contributed by atoms with van der Waals surface area (Å²) in [5, 5.41) is 0. The van der Waals surface area contributed by atoms with E-state index in [2.05, 4.69) is 27.7 Å². The normalized spacial score (nSPS) is 47.5.